The number of carbonyl (C=O) groups excluding carboxylic acids is 2. The van der Waals surface area contributed by atoms with E-state index in [1.807, 2.05) is 0 Å². The summed E-state index contributed by atoms with van der Waals surface area (Å²) in [5.41, 5.74) is 0.724. The van der Waals surface area contributed by atoms with Crippen LogP contribution in [0.25, 0.3) is 6.08 Å². The quantitative estimate of drug-likeness (QED) is 0.559. The van der Waals surface area contributed by atoms with E-state index in [4.69, 9.17) is 21.7 Å². The Kier molecular flexibility index (Phi) is 5.62. The van der Waals surface area contributed by atoms with Gasteiger partial charge in [-0.1, -0.05) is 24.0 Å². The van der Waals surface area contributed by atoms with Crippen molar-refractivity contribution in [1.82, 2.24) is 4.90 Å². The lowest BCUT2D eigenvalue weighted by Gasteiger charge is -2.14. The maximum atomic E-state index is 12.3. The summed E-state index contributed by atoms with van der Waals surface area (Å²) in [5, 5.41) is 10.5. The number of benzene rings is 1. The topological polar surface area (TPSA) is 78.9 Å². The highest BCUT2D eigenvalue weighted by atomic mass is 32.2. The normalized spacial score (nSPS) is 16.1. The summed E-state index contributed by atoms with van der Waals surface area (Å²) in [6.45, 7) is 0.00573. The van der Waals surface area contributed by atoms with Crippen molar-refractivity contribution in [3.63, 3.8) is 0 Å². The lowest BCUT2D eigenvalue weighted by Crippen LogP contribution is -2.33. The van der Waals surface area contributed by atoms with E-state index in [-0.39, 0.29) is 18.9 Å². The Bertz CT molecular complexity index is 664. The standard InChI is InChI=1S/C15H15NO5S2/c1-20-10-5-9(6-11(8-10)21-2)7-12-14(19)16(15(22)23-12)4-3-13(17)18/h5-8H,3-4H2,1-2H3,(H,17,18)/p-1/b12-7-. The molecule has 1 aromatic carbocycles. The maximum absolute atomic E-state index is 12.3. The first-order chi connectivity index (χ1) is 10.9. The Morgan fingerprint density at radius 1 is 1.30 bits per heavy atom. The third-order valence-corrected chi connectivity index (χ3v) is 4.46. The number of nitrogens with zero attached hydrogens (tertiary/aromatic N) is 1. The van der Waals surface area contributed by atoms with Crippen LogP contribution in [-0.4, -0.2) is 41.9 Å². The first-order valence-electron chi connectivity index (χ1n) is 6.63. The maximum Gasteiger partial charge on any atom is 0.266 e. The Morgan fingerprint density at radius 3 is 2.43 bits per heavy atom. The minimum atomic E-state index is -1.22. The van der Waals surface area contributed by atoms with Gasteiger partial charge in [-0.05, 0) is 23.8 Å². The van der Waals surface area contributed by atoms with Crippen LogP contribution in [0.3, 0.4) is 0 Å². The monoisotopic (exact) mass is 352 g/mol. The zero-order chi connectivity index (χ0) is 17.0. The van der Waals surface area contributed by atoms with E-state index in [1.165, 1.54) is 19.1 Å². The fourth-order valence-corrected chi connectivity index (χ4v) is 3.27. The molecule has 1 amide bonds. The molecule has 1 aliphatic heterocycles. The van der Waals surface area contributed by atoms with Crippen LogP contribution in [0, 0.1) is 0 Å². The highest BCUT2D eigenvalue weighted by molar-refractivity contribution is 8.26. The highest BCUT2D eigenvalue weighted by Crippen LogP contribution is 2.34. The van der Waals surface area contributed by atoms with Gasteiger partial charge in [0.05, 0.1) is 19.1 Å². The number of thiocarbonyl (C=S) groups is 1. The molecule has 0 atom stereocenters. The second-order valence-corrected chi connectivity index (χ2v) is 6.28. The molecule has 0 unspecified atom stereocenters. The summed E-state index contributed by atoms with van der Waals surface area (Å²) in [6.07, 6.45) is 1.41. The molecule has 0 aromatic heterocycles. The number of carboxylic acids is 1. The molecule has 0 N–H and O–H groups in total. The van der Waals surface area contributed by atoms with Crippen LogP contribution in [0.15, 0.2) is 23.1 Å². The smallest absolute Gasteiger partial charge is 0.266 e. The van der Waals surface area contributed by atoms with Crippen LogP contribution in [0.5, 0.6) is 11.5 Å². The largest absolute Gasteiger partial charge is 0.550 e. The molecule has 0 aliphatic carbocycles. The summed E-state index contributed by atoms with van der Waals surface area (Å²) in [5.74, 6) is -0.338. The Balaban J connectivity index is 2.25. The molecule has 0 spiro atoms. The van der Waals surface area contributed by atoms with Gasteiger partial charge >= 0.3 is 0 Å². The number of amides is 1. The fraction of sp³-hybridized carbons (Fsp3) is 0.267. The molecule has 1 heterocycles. The summed E-state index contributed by atoms with van der Waals surface area (Å²) in [4.78, 5) is 24.5. The van der Waals surface area contributed by atoms with Crippen LogP contribution in [0.4, 0.5) is 0 Å². The van der Waals surface area contributed by atoms with Gasteiger partial charge in [0.25, 0.3) is 5.91 Å². The summed E-state index contributed by atoms with van der Waals surface area (Å²) in [6, 6.07) is 5.24. The van der Waals surface area contributed by atoms with Crippen LogP contribution < -0.4 is 14.6 Å². The number of carbonyl (C=O) groups is 2. The average molecular weight is 352 g/mol. The molecule has 1 saturated heterocycles. The molecule has 1 fully saturated rings. The molecule has 1 aliphatic rings. The van der Waals surface area contributed by atoms with Crippen molar-refractivity contribution in [2.45, 2.75) is 6.42 Å². The number of ether oxygens (including phenoxy) is 2. The van der Waals surface area contributed by atoms with Crippen molar-refractivity contribution < 1.29 is 24.2 Å². The van der Waals surface area contributed by atoms with Gasteiger partial charge in [-0.3, -0.25) is 9.69 Å². The van der Waals surface area contributed by atoms with E-state index in [1.54, 1.807) is 24.3 Å². The predicted octanol–water partition coefficient (Wildman–Crippen LogP) is 1.04. The van der Waals surface area contributed by atoms with Crippen LogP contribution in [0.1, 0.15) is 12.0 Å². The number of carboxylic acid groups (broad SMARTS) is 1. The van der Waals surface area contributed by atoms with E-state index in [9.17, 15) is 14.7 Å². The highest BCUT2D eigenvalue weighted by Gasteiger charge is 2.31. The Morgan fingerprint density at radius 2 is 1.91 bits per heavy atom. The Hall–Kier alpha value is -2.06. The lowest BCUT2D eigenvalue weighted by atomic mass is 10.2. The van der Waals surface area contributed by atoms with Gasteiger partial charge in [0.1, 0.15) is 15.8 Å². The van der Waals surface area contributed by atoms with Gasteiger partial charge in [0.2, 0.25) is 0 Å². The molecule has 0 saturated carbocycles. The number of hydrogen-bond donors (Lipinski definition) is 0. The molecule has 23 heavy (non-hydrogen) atoms. The molecule has 2 rings (SSSR count). The molecule has 0 bridgehead atoms. The predicted molar refractivity (Wildman–Crippen MR) is 89.0 cm³/mol. The van der Waals surface area contributed by atoms with Crippen molar-refractivity contribution in [3.05, 3.63) is 28.7 Å². The Labute approximate surface area is 143 Å². The number of thioether (sulfide) groups is 1. The van der Waals surface area contributed by atoms with Gasteiger partial charge in [-0.25, -0.2) is 0 Å². The van der Waals surface area contributed by atoms with E-state index >= 15 is 0 Å². The second kappa shape index (κ2) is 7.47. The van der Waals surface area contributed by atoms with E-state index in [0.717, 1.165) is 17.3 Å². The second-order valence-electron chi connectivity index (χ2n) is 4.60. The molecule has 6 nitrogen and oxygen atoms in total. The number of methoxy groups -OCH3 is 2. The van der Waals surface area contributed by atoms with Crippen molar-refractivity contribution in [3.8, 4) is 11.5 Å². The van der Waals surface area contributed by atoms with Crippen LogP contribution in [-0.2, 0) is 9.59 Å². The molecule has 1 aromatic rings. The van der Waals surface area contributed by atoms with Crippen LogP contribution in [0.2, 0.25) is 0 Å². The minimum absolute atomic E-state index is 0.00573. The number of rotatable bonds is 6. The molecule has 0 radical (unpaired) electrons. The molecular weight excluding hydrogens is 338 g/mol. The third-order valence-electron chi connectivity index (χ3n) is 3.08. The van der Waals surface area contributed by atoms with Crippen molar-refractivity contribution in [2.75, 3.05) is 20.8 Å². The first-order valence-corrected chi connectivity index (χ1v) is 7.85. The zero-order valence-electron chi connectivity index (χ0n) is 12.5. The van der Waals surface area contributed by atoms with Gasteiger partial charge in [-0.15, -0.1) is 0 Å². The van der Waals surface area contributed by atoms with Gasteiger partial charge in [-0.2, -0.15) is 0 Å². The minimum Gasteiger partial charge on any atom is -0.550 e. The van der Waals surface area contributed by atoms with Crippen molar-refractivity contribution in [1.29, 1.82) is 0 Å². The molecule has 122 valence electrons. The average Bonchev–Trinajstić information content (AvgIpc) is 2.78. The van der Waals surface area contributed by atoms with Gasteiger partial charge < -0.3 is 19.4 Å². The molecule has 8 heteroatoms. The van der Waals surface area contributed by atoms with Crippen LogP contribution >= 0.6 is 24.0 Å². The third kappa shape index (κ3) is 4.23. The first kappa shape index (κ1) is 17.3. The van der Waals surface area contributed by atoms with Gasteiger partial charge in [0, 0.05) is 25.0 Å². The SMILES string of the molecule is COc1cc(/C=C2\SC(=S)N(CCC(=O)[O-])C2=O)cc(OC)c1. The van der Waals surface area contributed by atoms with Gasteiger partial charge in [0.15, 0.2) is 0 Å². The fourth-order valence-electron chi connectivity index (χ4n) is 1.96. The zero-order valence-corrected chi connectivity index (χ0v) is 14.2. The summed E-state index contributed by atoms with van der Waals surface area (Å²) < 4.78 is 10.7. The van der Waals surface area contributed by atoms with Crippen molar-refractivity contribution in [2.24, 2.45) is 0 Å². The summed E-state index contributed by atoms with van der Waals surface area (Å²) in [7, 11) is 3.08. The number of hydrogen-bond acceptors (Lipinski definition) is 7. The molecular formula is C15H14NO5S2-. The van der Waals surface area contributed by atoms with Crippen molar-refractivity contribution >= 4 is 46.3 Å². The van der Waals surface area contributed by atoms with E-state index in [2.05, 4.69) is 0 Å². The number of aliphatic carboxylic acids is 1. The van der Waals surface area contributed by atoms with E-state index in [0.29, 0.717) is 20.7 Å². The van der Waals surface area contributed by atoms with E-state index < -0.39 is 5.97 Å². The lowest BCUT2D eigenvalue weighted by molar-refractivity contribution is -0.305. The summed E-state index contributed by atoms with van der Waals surface area (Å²) >= 11 is 6.25.